The molecule has 1 aliphatic heterocycles. The number of hydrogen-bond acceptors (Lipinski definition) is 4. The number of rotatable bonds is 5. The van der Waals surface area contributed by atoms with Crippen molar-refractivity contribution in [1.82, 2.24) is 4.90 Å². The molecule has 1 heterocycles. The third kappa shape index (κ3) is 5.90. The van der Waals surface area contributed by atoms with Gasteiger partial charge < -0.3 is 21.9 Å². The lowest BCUT2D eigenvalue weighted by molar-refractivity contribution is -0.148. The van der Waals surface area contributed by atoms with E-state index in [1.165, 1.54) is 0 Å². The second kappa shape index (κ2) is 8.95. The maximum Gasteiger partial charge on any atom is 0.310 e. The zero-order valence-corrected chi connectivity index (χ0v) is 12.5. The van der Waals surface area contributed by atoms with Gasteiger partial charge in [-0.2, -0.15) is 0 Å². The highest BCUT2D eigenvalue weighted by atomic mass is 35.5. The SMILES string of the molecule is CC(CN1CCOCC1)OC(=O)Cc1ccccc1.[Cl-]. The fraction of sp³-hybridized carbons (Fsp3) is 0.533. The van der Waals surface area contributed by atoms with Gasteiger partial charge >= 0.3 is 5.97 Å². The summed E-state index contributed by atoms with van der Waals surface area (Å²) in [6.07, 6.45) is 0.267. The van der Waals surface area contributed by atoms with Crippen LogP contribution in [0, 0.1) is 0 Å². The molecule has 1 unspecified atom stereocenters. The normalized spacial score (nSPS) is 17.1. The molecular formula is C15H21ClNO3-. The van der Waals surface area contributed by atoms with Crippen molar-refractivity contribution in [3.05, 3.63) is 35.9 Å². The molecule has 5 heteroatoms. The van der Waals surface area contributed by atoms with Crippen molar-refractivity contribution < 1.29 is 26.7 Å². The zero-order valence-electron chi connectivity index (χ0n) is 11.8. The molecule has 0 radical (unpaired) electrons. The van der Waals surface area contributed by atoms with Crippen molar-refractivity contribution in [3.63, 3.8) is 0 Å². The first-order valence-corrected chi connectivity index (χ1v) is 6.77. The smallest absolute Gasteiger partial charge is 0.310 e. The zero-order chi connectivity index (χ0) is 13.5. The highest BCUT2D eigenvalue weighted by Gasteiger charge is 2.16. The van der Waals surface area contributed by atoms with Crippen LogP contribution in [0.5, 0.6) is 0 Å². The standard InChI is InChI=1S/C15H21NO3.ClH/c1-13(12-16-7-9-18-10-8-16)19-15(17)11-14-5-3-2-4-6-14;/h2-6,13H,7-12H2,1H3;1H/p-1. The second-order valence-electron chi connectivity index (χ2n) is 4.88. The summed E-state index contributed by atoms with van der Waals surface area (Å²) in [7, 11) is 0. The van der Waals surface area contributed by atoms with E-state index in [1.807, 2.05) is 37.3 Å². The van der Waals surface area contributed by atoms with E-state index < -0.39 is 0 Å². The first-order chi connectivity index (χ1) is 9.24. The van der Waals surface area contributed by atoms with Crippen molar-refractivity contribution in [2.45, 2.75) is 19.4 Å². The molecule has 0 amide bonds. The minimum atomic E-state index is -0.160. The van der Waals surface area contributed by atoms with Crippen LogP contribution in [-0.4, -0.2) is 49.8 Å². The number of carbonyl (C=O) groups is 1. The van der Waals surface area contributed by atoms with E-state index in [9.17, 15) is 4.79 Å². The van der Waals surface area contributed by atoms with Gasteiger partial charge in [0.05, 0.1) is 19.6 Å². The van der Waals surface area contributed by atoms with Gasteiger partial charge in [0.1, 0.15) is 6.10 Å². The van der Waals surface area contributed by atoms with Gasteiger partial charge in [0.25, 0.3) is 0 Å². The molecule has 1 aliphatic rings. The Morgan fingerprint density at radius 3 is 2.60 bits per heavy atom. The molecule has 4 nitrogen and oxygen atoms in total. The summed E-state index contributed by atoms with van der Waals surface area (Å²) in [6, 6.07) is 9.68. The number of halogens is 1. The van der Waals surface area contributed by atoms with Crippen molar-refractivity contribution >= 4 is 5.97 Å². The number of morpholine rings is 1. The van der Waals surface area contributed by atoms with E-state index in [-0.39, 0.29) is 24.5 Å². The average molecular weight is 299 g/mol. The monoisotopic (exact) mass is 298 g/mol. The van der Waals surface area contributed by atoms with Crippen LogP contribution in [0.15, 0.2) is 30.3 Å². The Morgan fingerprint density at radius 2 is 1.95 bits per heavy atom. The molecule has 2 rings (SSSR count). The van der Waals surface area contributed by atoms with Gasteiger partial charge in [-0.15, -0.1) is 0 Å². The fourth-order valence-corrected chi connectivity index (χ4v) is 2.21. The molecule has 1 atom stereocenters. The Labute approximate surface area is 126 Å². The van der Waals surface area contributed by atoms with Crippen LogP contribution in [0.4, 0.5) is 0 Å². The van der Waals surface area contributed by atoms with Gasteiger partial charge in [-0.25, -0.2) is 0 Å². The molecule has 112 valence electrons. The van der Waals surface area contributed by atoms with E-state index in [0.717, 1.165) is 38.4 Å². The summed E-state index contributed by atoms with van der Waals surface area (Å²) < 4.78 is 10.7. The predicted molar refractivity (Wildman–Crippen MR) is 73.0 cm³/mol. The van der Waals surface area contributed by atoms with E-state index in [2.05, 4.69) is 4.90 Å². The van der Waals surface area contributed by atoms with Crippen molar-refractivity contribution in [1.29, 1.82) is 0 Å². The van der Waals surface area contributed by atoms with E-state index in [0.29, 0.717) is 6.42 Å². The summed E-state index contributed by atoms with van der Waals surface area (Å²) in [6.45, 7) is 6.10. The van der Waals surface area contributed by atoms with Crippen LogP contribution in [0.25, 0.3) is 0 Å². The molecule has 0 spiro atoms. The molecular weight excluding hydrogens is 278 g/mol. The largest absolute Gasteiger partial charge is 1.00 e. The molecule has 20 heavy (non-hydrogen) atoms. The van der Waals surface area contributed by atoms with Crippen molar-refractivity contribution in [2.75, 3.05) is 32.8 Å². The summed E-state index contributed by atoms with van der Waals surface area (Å²) >= 11 is 0. The number of esters is 1. The second-order valence-corrected chi connectivity index (χ2v) is 4.88. The average Bonchev–Trinajstić information content (AvgIpc) is 2.40. The number of nitrogens with zero attached hydrogens (tertiary/aromatic N) is 1. The third-order valence-electron chi connectivity index (χ3n) is 3.14. The lowest BCUT2D eigenvalue weighted by atomic mass is 10.1. The Kier molecular flexibility index (Phi) is 7.59. The fourth-order valence-electron chi connectivity index (χ4n) is 2.21. The molecule has 0 saturated carbocycles. The Balaban J connectivity index is 0.00000200. The van der Waals surface area contributed by atoms with Gasteiger partial charge in [-0.1, -0.05) is 30.3 Å². The number of carbonyl (C=O) groups excluding carboxylic acids is 1. The topological polar surface area (TPSA) is 38.8 Å². The molecule has 1 aromatic carbocycles. The molecule has 0 N–H and O–H groups in total. The summed E-state index contributed by atoms with van der Waals surface area (Å²) in [5.41, 5.74) is 0.992. The van der Waals surface area contributed by atoms with Gasteiger partial charge in [-0.3, -0.25) is 9.69 Å². The Hall–Kier alpha value is -1.10. The number of hydrogen-bond donors (Lipinski definition) is 0. The van der Waals surface area contributed by atoms with Crippen LogP contribution in [0.3, 0.4) is 0 Å². The molecule has 0 aliphatic carbocycles. The predicted octanol–water partition coefficient (Wildman–Crippen LogP) is -1.50. The van der Waals surface area contributed by atoms with Gasteiger partial charge in [0.2, 0.25) is 0 Å². The molecule has 0 aromatic heterocycles. The van der Waals surface area contributed by atoms with Crippen LogP contribution >= 0.6 is 0 Å². The molecule has 0 bridgehead atoms. The van der Waals surface area contributed by atoms with Gasteiger partial charge in [-0.05, 0) is 12.5 Å². The lowest BCUT2D eigenvalue weighted by Crippen LogP contribution is -3.00. The summed E-state index contributed by atoms with van der Waals surface area (Å²) in [5.74, 6) is -0.160. The van der Waals surface area contributed by atoms with Crippen LogP contribution in [0.2, 0.25) is 0 Å². The molecule has 1 saturated heterocycles. The Morgan fingerprint density at radius 1 is 1.30 bits per heavy atom. The van der Waals surface area contributed by atoms with E-state index in [1.54, 1.807) is 0 Å². The quantitative estimate of drug-likeness (QED) is 0.620. The maximum absolute atomic E-state index is 11.8. The summed E-state index contributed by atoms with van der Waals surface area (Å²) in [4.78, 5) is 14.1. The summed E-state index contributed by atoms with van der Waals surface area (Å²) in [5, 5.41) is 0. The highest BCUT2D eigenvalue weighted by Crippen LogP contribution is 2.05. The van der Waals surface area contributed by atoms with Crippen molar-refractivity contribution in [2.24, 2.45) is 0 Å². The first-order valence-electron chi connectivity index (χ1n) is 6.77. The number of benzene rings is 1. The van der Waals surface area contributed by atoms with Gasteiger partial charge in [0, 0.05) is 19.6 Å². The van der Waals surface area contributed by atoms with Crippen LogP contribution in [-0.2, 0) is 20.7 Å². The lowest BCUT2D eigenvalue weighted by Gasteiger charge is -2.28. The van der Waals surface area contributed by atoms with Crippen LogP contribution in [0.1, 0.15) is 12.5 Å². The van der Waals surface area contributed by atoms with E-state index >= 15 is 0 Å². The minimum Gasteiger partial charge on any atom is -1.00 e. The van der Waals surface area contributed by atoms with Gasteiger partial charge in [0.15, 0.2) is 0 Å². The molecule has 1 aromatic rings. The minimum absolute atomic E-state index is 0. The Bertz CT molecular complexity index is 393. The third-order valence-corrected chi connectivity index (χ3v) is 3.14. The highest BCUT2D eigenvalue weighted by molar-refractivity contribution is 5.72. The van der Waals surface area contributed by atoms with E-state index in [4.69, 9.17) is 9.47 Å². The molecule has 1 fully saturated rings. The maximum atomic E-state index is 11.8. The number of ether oxygens (including phenoxy) is 2. The first kappa shape index (κ1) is 17.0. The van der Waals surface area contributed by atoms with Crippen LogP contribution < -0.4 is 12.4 Å². The van der Waals surface area contributed by atoms with Crippen molar-refractivity contribution in [3.8, 4) is 0 Å².